The maximum atomic E-state index is 12.4. The van der Waals surface area contributed by atoms with Gasteiger partial charge in [0.1, 0.15) is 5.78 Å². The first-order valence-corrected chi connectivity index (χ1v) is 9.33. The van der Waals surface area contributed by atoms with Crippen LogP contribution in [0.2, 0.25) is 0 Å². The summed E-state index contributed by atoms with van der Waals surface area (Å²) in [6, 6.07) is 9.10. The lowest BCUT2D eigenvalue weighted by Crippen LogP contribution is -2.17. The van der Waals surface area contributed by atoms with Crippen LogP contribution in [0.5, 0.6) is 0 Å². The molecule has 1 aromatic rings. The fourth-order valence-electron chi connectivity index (χ4n) is 3.74. The number of carbonyl (C=O) groups excluding carboxylic acids is 1. The molecule has 1 unspecified atom stereocenters. The Morgan fingerprint density at radius 3 is 2.41 bits per heavy atom. The molecule has 2 rings (SSSR count). The van der Waals surface area contributed by atoms with Gasteiger partial charge in [-0.2, -0.15) is 0 Å². The number of ketones is 1. The highest BCUT2D eigenvalue weighted by Crippen LogP contribution is 2.31. The van der Waals surface area contributed by atoms with Gasteiger partial charge in [-0.1, -0.05) is 63.8 Å². The number of hydrogen-bond acceptors (Lipinski definition) is 1. The first-order chi connectivity index (χ1) is 10.7. The minimum absolute atomic E-state index is 0.342. The maximum absolute atomic E-state index is 12.4. The van der Waals surface area contributed by atoms with Gasteiger partial charge in [-0.25, -0.2) is 0 Å². The third kappa shape index (κ3) is 5.26. The molecule has 1 fully saturated rings. The predicted octanol–water partition coefficient (Wildman–Crippen LogP) is 5.75. The maximum Gasteiger partial charge on any atom is 0.135 e. The Kier molecular flexibility index (Phi) is 7.15. The molecule has 0 spiro atoms. The van der Waals surface area contributed by atoms with E-state index in [0.29, 0.717) is 17.6 Å². The van der Waals surface area contributed by atoms with E-state index in [-0.39, 0.29) is 0 Å². The van der Waals surface area contributed by atoms with Crippen molar-refractivity contribution in [1.29, 1.82) is 0 Å². The van der Waals surface area contributed by atoms with E-state index in [0.717, 1.165) is 44.9 Å². The molecular weight excluding hydrogens is 268 g/mol. The number of hydrogen-bond donors (Lipinski definition) is 0. The molecule has 1 aromatic carbocycles. The average Bonchev–Trinajstić information content (AvgIpc) is 2.79. The van der Waals surface area contributed by atoms with E-state index in [1.54, 1.807) is 0 Å². The zero-order valence-electron chi connectivity index (χ0n) is 14.4. The molecule has 0 aliphatic heterocycles. The van der Waals surface area contributed by atoms with Crippen molar-refractivity contribution in [2.24, 2.45) is 11.8 Å². The standard InChI is InChI=1S/C21H32O/c1-3-5-10-21(22)20-9-7-6-8-19(16-20)15-18-13-11-17(4-2)12-14-18/h11-14,19-20H,3-10,15-16H2,1-2H3/t19?,20-/m1/s1. The Morgan fingerprint density at radius 2 is 1.73 bits per heavy atom. The van der Waals surface area contributed by atoms with E-state index < -0.39 is 0 Å². The normalized spacial score (nSPS) is 22.3. The molecule has 22 heavy (non-hydrogen) atoms. The Labute approximate surface area is 136 Å². The first-order valence-electron chi connectivity index (χ1n) is 9.33. The predicted molar refractivity (Wildman–Crippen MR) is 94.1 cm³/mol. The van der Waals surface area contributed by atoms with Gasteiger partial charge in [0.15, 0.2) is 0 Å². The second-order valence-electron chi connectivity index (χ2n) is 7.03. The molecule has 1 saturated carbocycles. The largest absolute Gasteiger partial charge is 0.299 e. The van der Waals surface area contributed by atoms with Crippen molar-refractivity contribution in [3.63, 3.8) is 0 Å². The fourth-order valence-corrected chi connectivity index (χ4v) is 3.74. The van der Waals surface area contributed by atoms with Crippen molar-refractivity contribution < 1.29 is 4.79 Å². The molecule has 0 saturated heterocycles. The van der Waals surface area contributed by atoms with E-state index in [9.17, 15) is 4.79 Å². The first kappa shape index (κ1) is 17.2. The van der Waals surface area contributed by atoms with E-state index in [1.807, 2.05) is 0 Å². The lowest BCUT2D eigenvalue weighted by Gasteiger charge is -2.19. The van der Waals surface area contributed by atoms with Crippen LogP contribution in [-0.2, 0) is 17.6 Å². The highest BCUT2D eigenvalue weighted by Gasteiger charge is 2.25. The number of benzene rings is 1. The number of aryl methyl sites for hydroxylation is 1. The van der Waals surface area contributed by atoms with E-state index in [4.69, 9.17) is 0 Å². The van der Waals surface area contributed by atoms with Crippen molar-refractivity contribution in [2.75, 3.05) is 0 Å². The average molecular weight is 300 g/mol. The van der Waals surface area contributed by atoms with Crippen molar-refractivity contribution >= 4 is 5.78 Å². The van der Waals surface area contributed by atoms with E-state index in [2.05, 4.69) is 38.1 Å². The molecule has 0 radical (unpaired) electrons. The minimum atomic E-state index is 0.342. The summed E-state index contributed by atoms with van der Waals surface area (Å²) >= 11 is 0. The van der Waals surface area contributed by atoms with E-state index in [1.165, 1.54) is 30.4 Å². The van der Waals surface area contributed by atoms with Gasteiger partial charge in [0, 0.05) is 12.3 Å². The van der Waals surface area contributed by atoms with Crippen molar-refractivity contribution in [3.8, 4) is 0 Å². The third-order valence-electron chi connectivity index (χ3n) is 5.22. The van der Waals surface area contributed by atoms with Gasteiger partial charge in [-0.15, -0.1) is 0 Å². The van der Waals surface area contributed by atoms with Gasteiger partial charge in [0.25, 0.3) is 0 Å². The summed E-state index contributed by atoms with van der Waals surface area (Å²) in [5, 5.41) is 0. The second-order valence-corrected chi connectivity index (χ2v) is 7.03. The lowest BCUT2D eigenvalue weighted by atomic mass is 9.85. The van der Waals surface area contributed by atoms with Crippen molar-refractivity contribution in [2.45, 2.75) is 78.1 Å². The number of carbonyl (C=O) groups is 1. The molecule has 1 heteroatoms. The minimum Gasteiger partial charge on any atom is -0.299 e. The molecule has 1 aliphatic rings. The van der Waals surface area contributed by atoms with Gasteiger partial charge in [0.2, 0.25) is 0 Å². The quantitative estimate of drug-likeness (QED) is 0.586. The van der Waals surface area contributed by atoms with Gasteiger partial charge < -0.3 is 0 Å². The van der Waals surface area contributed by atoms with Crippen LogP contribution in [0, 0.1) is 11.8 Å². The van der Waals surface area contributed by atoms with E-state index >= 15 is 0 Å². The number of unbranched alkanes of at least 4 members (excludes halogenated alkanes) is 1. The second kappa shape index (κ2) is 9.12. The SMILES string of the molecule is CCCCC(=O)[C@@H]1CCCCC(Cc2ccc(CC)cc2)C1. The molecular formula is C21H32O. The Balaban J connectivity index is 1.92. The van der Waals surface area contributed by atoms with Gasteiger partial charge in [0.05, 0.1) is 0 Å². The van der Waals surface area contributed by atoms with Crippen molar-refractivity contribution in [3.05, 3.63) is 35.4 Å². The third-order valence-corrected chi connectivity index (χ3v) is 5.22. The smallest absolute Gasteiger partial charge is 0.135 e. The van der Waals surface area contributed by atoms with Crippen LogP contribution in [0.25, 0.3) is 0 Å². The van der Waals surface area contributed by atoms with Crippen LogP contribution in [0.3, 0.4) is 0 Å². The summed E-state index contributed by atoms with van der Waals surface area (Å²) in [7, 11) is 0. The lowest BCUT2D eigenvalue weighted by molar-refractivity contribution is -0.123. The van der Waals surface area contributed by atoms with Crippen LogP contribution >= 0.6 is 0 Å². The molecule has 0 N–H and O–H groups in total. The van der Waals surface area contributed by atoms with Crippen molar-refractivity contribution in [1.82, 2.24) is 0 Å². The Hall–Kier alpha value is -1.11. The summed E-state index contributed by atoms with van der Waals surface area (Å²) in [6.45, 7) is 4.37. The molecule has 1 nitrogen and oxygen atoms in total. The molecule has 0 amide bonds. The topological polar surface area (TPSA) is 17.1 Å². The zero-order chi connectivity index (χ0) is 15.8. The summed E-state index contributed by atoms with van der Waals surface area (Å²) < 4.78 is 0. The molecule has 1 aliphatic carbocycles. The summed E-state index contributed by atoms with van der Waals surface area (Å²) in [4.78, 5) is 12.4. The summed E-state index contributed by atoms with van der Waals surface area (Å²) in [5.41, 5.74) is 2.86. The monoisotopic (exact) mass is 300 g/mol. The highest BCUT2D eigenvalue weighted by molar-refractivity contribution is 5.80. The molecule has 0 heterocycles. The molecule has 0 aromatic heterocycles. The van der Waals surface area contributed by atoms with Crippen LogP contribution in [0.15, 0.2) is 24.3 Å². The number of Topliss-reactive ketones (excluding diaryl/α,β-unsaturated/α-hetero) is 1. The van der Waals surface area contributed by atoms with Gasteiger partial charge in [-0.05, 0) is 49.1 Å². The van der Waals surface area contributed by atoms with Gasteiger partial charge >= 0.3 is 0 Å². The number of rotatable bonds is 7. The van der Waals surface area contributed by atoms with Gasteiger partial charge in [-0.3, -0.25) is 4.79 Å². The van der Waals surface area contributed by atoms with Crippen LogP contribution in [0.4, 0.5) is 0 Å². The summed E-state index contributed by atoms with van der Waals surface area (Å²) in [5.74, 6) is 1.58. The van der Waals surface area contributed by atoms with Crippen LogP contribution < -0.4 is 0 Å². The molecule has 0 bridgehead atoms. The fraction of sp³-hybridized carbons (Fsp3) is 0.667. The Morgan fingerprint density at radius 1 is 1.05 bits per heavy atom. The highest BCUT2D eigenvalue weighted by atomic mass is 16.1. The Bertz CT molecular complexity index is 445. The summed E-state index contributed by atoms with van der Waals surface area (Å²) in [6.07, 6.45) is 11.4. The molecule has 2 atom stereocenters. The zero-order valence-corrected chi connectivity index (χ0v) is 14.4. The van der Waals surface area contributed by atoms with Crippen LogP contribution in [-0.4, -0.2) is 5.78 Å². The van der Waals surface area contributed by atoms with Crippen LogP contribution in [0.1, 0.15) is 76.3 Å². The molecule has 122 valence electrons.